The minimum atomic E-state index is -0.780. The molecule has 0 fully saturated rings. The van der Waals surface area contributed by atoms with E-state index in [0.717, 1.165) is 6.07 Å². The van der Waals surface area contributed by atoms with Crippen LogP contribution in [0.25, 0.3) is 0 Å². The first-order valence-corrected chi connectivity index (χ1v) is 5.12. The van der Waals surface area contributed by atoms with Gasteiger partial charge in [-0.05, 0) is 24.3 Å². The molecule has 0 aromatic heterocycles. The fourth-order valence-electron chi connectivity index (χ4n) is 1.41. The molecule has 0 saturated carbocycles. The van der Waals surface area contributed by atoms with Gasteiger partial charge in [0.25, 0.3) is 0 Å². The van der Waals surface area contributed by atoms with Crippen molar-refractivity contribution >= 4 is 11.7 Å². The van der Waals surface area contributed by atoms with Crippen LogP contribution in [0.5, 0.6) is 11.5 Å². The highest BCUT2D eigenvalue weighted by Gasteiger charge is 2.13. The number of nitrogen functional groups attached to an aromatic ring is 1. The van der Waals surface area contributed by atoms with Gasteiger partial charge in [0.1, 0.15) is 22.9 Å². The average Bonchev–Trinajstić information content (AvgIpc) is 2.28. The molecule has 5 heteroatoms. The molecule has 2 rings (SSSR count). The fourth-order valence-corrected chi connectivity index (χ4v) is 1.41. The molecule has 0 aliphatic carbocycles. The Morgan fingerprint density at radius 3 is 2.67 bits per heavy atom. The molecule has 3 N–H and O–H groups in total. The van der Waals surface area contributed by atoms with Gasteiger partial charge < -0.3 is 15.6 Å². The average molecular weight is 247 g/mol. The number of ether oxygens (including phenoxy) is 1. The Morgan fingerprint density at radius 2 is 2.00 bits per heavy atom. The minimum Gasteiger partial charge on any atom is -0.507 e. The molecule has 0 spiro atoms. The van der Waals surface area contributed by atoms with Crippen LogP contribution in [0.1, 0.15) is 10.4 Å². The molecule has 0 bridgehead atoms. The zero-order valence-corrected chi connectivity index (χ0v) is 9.26. The molecule has 2 aromatic carbocycles. The molecule has 0 amide bonds. The number of hydrogen-bond acceptors (Lipinski definition) is 4. The maximum absolute atomic E-state index is 12.9. The molecule has 0 aliphatic rings. The van der Waals surface area contributed by atoms with E-state index in [0.29, 0.717) is 5.69 Å². The second-order valence-corrected chi connectivity index (χ2v) is 3.62. The molecular formula is C13H10FNO3. The standard InChI is InChI=1S/C13H10FNO3/c14-8-2-1-3-10(6-8)18-13(17)11-5-4-9(15)7-12(11)16/h1-7,16H,15H2. The molecule has 92 valence electrons. The number of phenolic OH excluding ortho intramolecular Hbond substituents is 1. The van der Waals surface area contributed by atoms with E-state index >= 15 is 0 Å². The summed E-state index contributed by atoms with van der Waals surface area (Å²) in [6.45, 7) is 0. The summed E-state index contributed by atoms with van der Waals surface area (Å²) in [5.74, 6) is -1.51. The van der Waals surface area contributed by atoms with Crippen molar-refractivity contribution in [2.75, 3.05) is 5.73 Å². The van der Waals surface area contributed by atoms with Crippen molar-refractivity contribution in [2.45, 2.75) is 0 Å². The lowest BCUT2D eigenvalue weighted by Crippen LogP contribution is -2.09. The summed E-state index contributed by atoms with van der Waals surface area (Å²) in [6, 6.07) is 9.21. The van der Waals surface area contributed by atoms with Gasteiger partial charge in [-0.3, -0.25) is 0 Å². The van der Waals surface area contributed by atoms with Crippen molar-refractivity contribution in [1.29, 1.82) is 0 Å². The van der Waals surface area contributed by atoms with Crippen molar-refractivity contribution in [3.63, 3.8) is 0 Å². The van der Waals surface area contributed by atoms with Crippen LogP contribution in [0.15, 0.2) is 42.5 Å². The zero-order valence-electron chi connectivity index (χ0n) is 9.26. The largest absolute Gasteiger partial charge is 0.507 e. The van der Waals surface area contributed by atoms with Crippen LogP contribution in [0.3, 0.4) is 0 Å². The molecule has 0 atom stereocenters. The monoisotopic (exact) mass is 247 g/mol. The quantitative estimate of drug-likeness (QED) is 0.485. The van der Waals surface area contributed by atoms with Gasteiger partial charge in [0.15, 0.2) is 0 Å². The number of nitrogens with two attached hydrogens (primary N) is 1. The van der Waals surface area contributed by atoms with Crippen LogP contribution in [-0.4, -0.2) is 11.1 Å². The molecule has 0 radical (unpaired) electrons. The summed E-state index contributed by atoms with van der Waals surface area (Å²) in [5.41, 5.74) is 5.73. The number of halogens is 1. The van der Waals surface area contributed by atoms with E-state index in [1.165, 1.54) is 36.4 Å². The smallest absolute Gasteiger partial charge is 0.347 e. The highest BCUT2D eigenvalue weighted by molar-refractivity contribution is 5.94. The molecule has 18 heavy (non-hydrogen) atoms. The van der Waals surface area contributed by atoms with E-state index in [1.54, 1.807) is 0 Å². The second-order valence-electron chi connectivity index (χ2n) is 3.62. The molecule has 0 unspecified atom stereocenters. The van der Waals surface area contributed by atoms with Crippen LogP contribution < -0.4 is 10.5 Å². The lowest BCUT2D eigenvalue weighted by atomic mass is 10.2. The SMILES string of the molecule is Nc1ccc(C(=O)Oc2cccc(F)c2)c(O)c1. The Bertz CT molecular complexity index is 599. The van der Waals surface area contributed by atoms with Gasteiger partial charge in [0.2, 0.25) is 0 Å². The van der Waals surface area contributed by atoms with Gasteiger partial charge in [0, 0.05) is 17.8 Å². The maximum atomic E-state index is 12.9. The van der Waals surface area contributed by atoms with E-state index in [-0.39, 0.29) is 17.1 Å². The minimum absolute atomic E-state index is 0.0338. The fraction of sp³-hybridized carbons (Fsp3) is 0. The number of phenols is 1. The number of rotatable bonds is 2. The van der Waals surface area contributed by atoms with Crippen molar-refractivity contribution in [3.8, 4) is 11.5 Å². The van der Waals surface area contributed by atoms with Gasteiger partial charge in [-0.25, -0.2) is 9.18 Å². The Balaban J connectivity index is 2.22. The van der Waals surface area contributed by atoms with Crippen LogP contribution >= 0.6 is 0 Å². The van der Waals surface area contributed by atoms with Crippen LogP contribution in [0.4, 0.5) is 10.1 Å². The molecule has 0 heterocycles. The predicted octanol–water partition coefficient (Wildman–Crippen LogP) is 2.33. The van der Waals surface area contributed by atoms with E-state index in [4.69, 9.17) is 10.5 Å². The first-order chi connectivity index (χ1) is 8.56. The highest BCUT2D eigenvalue weighted by Crippen LogP contribution is 2.22. The number of hydrogen-bond donors (Lipinski definition) is 2. The maximum Gasteiger partial charge on any atom is 0.347 e. The normalized spacial score (nSPS) is 10.1. The van der Waals surface area contributed by atoms with E-state index < -0.39 is 11.8 Å². The van der Waals surface area contributed by atoms with Crippen LogP contribution in [0, 0.1) is 5.82 Å². The predicted molar refractivity (Wildman–Crippen MR) is 63.9 cm³/mol. The lowest BCUT2D eigenvalue weighted by molar-refractivity contribution is 0.0731. The third-order valence-electron chi connectivity index (χ3n) is 2.25. The summed E-state index contributed by atoms with van der Waals surface area (Å²) in [5, 5.41) is 9.54. The molecule has 4 nitrogen and oxygen atoms in total. The third-order valence-corrected chi connectivity index (χ3v) is 2.25. The highest BCUT2D eigenvalue weighted by atomic mass is 19.1. The van der Waals surface area contributed by atoms with E-state index in [2.05, 4.69) is 0 Å². The van der Waals surface area contributed by atoms with Crippen molar-refractivity contribution in [3.05, 3.63) is 53.8 Å². The van der Waals surface area contributed by atoms with Gasteiger partial charge in [-0.15, -0.1) is 0 Å². The number of anilines is 1. The lowest BCUT2D eigenvalue weighted by Gasteiger charge is -2.06. The Hall–Kier alpha value is -2.56. The summed E-state index contributed by atoms with van der Waals surface area (Å²) in [7, 11) is 0. The number of benzene rings is 2. The first-order valence-electron chi connectivity index (χ1n) is 5.12. The van der Waals surface area contributed by atoms with Crippen LogP contribution in [-0.2, 0) is 0 Å². The van der Waals surface area contributed by atoms with Gasteiger partial charge >= 0.3 is 5.97 Å². The van der Waals surface area contributed by atoms with E-state index in [1.807, 2.05) is 0 Å². The molecule has 0 saturated heterocycles. The number of carbonyl (C=O) groups is 1. The van der Waals surface area contributed by atoms with Crippen molar-refractivity contribution in [2.24, 2.45) is 0 Å². The van der Waals surface area contributed by atoms with E-state index in [9.17, 15) is 14.3 Å². The Kier molecular flexibility index (Phi) is 3.14. The number of carbonyl (C=O) groups excluding carboxylic acids is 1. The summed E-state index contributed by atoms with van der Waals surface area (Å²) < 4.78 is 17.8. The van der Waals surface area contributed by atoms with Crippen LogP contribution in [0.2, 0.25) is 0 Å². The molecule has 0 aliphatic heterocycles. The van der Waals surface area contributed by atoms with Crippen molar-refractivity contribution in [1.82, 2.24) is 0 Å². The second kappa shape index (κ2) is 4.75. The number of aromatic hydroxyl groups is 1. The molecule has 2 aromatic rings. The third kappa shape index (κ3) is 2.57. The number of esters is 1. The summed E-state index contributed by atoms with van der Waals surface area (Å²) >= 11 is 0. The van der Waals surface area contributed by atoms with Gasteiger partial charge in [-0.2, -0.15) is 0 Å². The Labute approximate surface area is 102 Å². The molecular weight excluding hydrogens is 237 g/mol. The summed E-state index contributed by atoms with van der Waals surface area (Å²) in [6.07, 6.45) is 0. The van der Waals surface area contributed by atoms with Crippen molar-refractivity contribution < 1.29 is 19.0 Å². The topological polar surface area (TPSA) is 72.6 Å². The Morgan fingerprint density at radius 1 is 1.22 bits per heavy atom. The van der Waals surface area contributed by atoms with Gasteiger partial charge in [0.05, 0.1) is 0 Å². The summed E-state index contributed by atoms with van der Waals surface area (Å²) in [4.78, 5) is 11.7. The first kappa shape index (κ1) is 11.9. The zero-order chi connectivity index (χ0) is 13.1. The van der Waals surface area contributed by atoms with Gasteiger partial charge in [-0.1, -0.05) is 6.07 Å².